The smallest absolute Gasteiger partial charge is 0.262 e. The third kappa shape index (κ3) is 6.15. The fraction of sp³-hybridized carbons (Fsp3) is 0.240. The number of carbonyl (C=O) groups is 1. The van der Waals surface area contributed by atoms with E-state index in [0.717, 1.165) is 27.7 Å². The minimum atomic E-state index is -1.70. The minimum Gasteiger partial charge on any atom is -0.322 e. The first kappa shape index (κ1) is 24.9. The van der Waals surface area contributed by atoms with Crippen molar-refractivity contribution in [2.75, 3.05) is 16.8 Å². The fourth-order valence-electron chi connectivity index (χ4n) is 2.90. The molecule has 1 heterocycles. The van der Waals surface area contributed by atoms with Crippen LogP contribution in [-0.2, 0) is 4.79 Å². The Morgan fingerprint density at radius 3 is 1.72 bits per heavy atom. The van der Waals surface area contributed by atoms with E-state index in [2.05, 4.69) is 28.8 Å². The molecule has 2 nitrogen and oxygen atoms in total. The molecule has 1 amide bonds. The molecular weight excluding hydrogens is 394 g/mol. The van der Waals surface area contributed by atoms with Crippen LogP contribution in [0.5, 0.6) is 0 Å². The molecule has 1 N–H and O–H groups in total. The van der Waals surface area contributed by atoms with Crippen LogP contribution in [0, 0.1) is 0 Å². The van der Waals surface area contributed by atoms with Gasteiger partial charge in [0.05, 0.1) is 4.91 Å². The lowest BCUT2D eigenvalue weighted by Gasteiger charge is -2.33. The van der Waals surface area contributed by atoms with Gasteiger partial charge in [-0.2, -0.15) is 18.4 Å². The van der Waals surface area contributed by atoms with E-state index in [-0.39, 0.29) is 5.91 Å². The summed E-state index contributed by atoms with van der Waals surface area (Å²) >= 11 is 0. The summed E-state index contributed by atoms with van der Waals surface area (Å²) < 4.78 is 0. The average Bonchev–Trinajstić information content (AvgIpc) is 2.74. The van der Waals surface area contributed by atoms with Crippen LogP contribution in [0.2, 0.25) is 0 Å². The summed E-state index contributed by atoms with van der Waals surface area (Å²) in [7, 11) is -3.28. The quantitative estimate of drug-likeness (QED) is 0.562. The Morgan fingerprint density at radius 1 is 0.759 bits per heavy atom. The molecule has 0 radical (unpaired) electrons. The van der Waals surface area contributed by atoms with Crippen LogP contribution in [0.15, 0.2) is 65.6 Å². The molecule has 0 saturated heterocycles. The van der Waals surface area contributed by atoms with Crippen LogP contribution in [0.1, 0.15) is 33.3 Å². The average molecular weight is 430 g/mol. The minimum absolute atomic E-state index is 0.131. The lowest BCUT2D eigenvalue weighted by molar-refractivity contribution is -0.112. The van der Waals surface area contributed by atoms with Crippen LogP contribution < -0.4 is 5.32 Å². The second-order valence-electron chi connectivity index (χ2n) is 6.34. The first-order valence-electron chi connectivity index (χ1n) is 9.92. The number of anilines is 1. The Balaban J connectivity index is 0.000000989. The van der Waals surface area contributed by atoms with Gasteiger partial charge >= 0.3 is 0 Å². The van der Waals surface area contributed by atoms with E-state index in [1.165, 1.54) is 0 Å². The molecule has 29 heavy (non-hydrogen) atoms. The SMILES string of the molecule is C=S1(=C)CCS(=C)(=C)C(c2ccccc2)=C1C(=O)Nc1ccccc1.CC.CC. The van der Waals surface area contributed by atoms with Gasteiger partial charge < -0.3 is 5.32 Å². The van der Waals surface area contributed by atoms with Crippen LogP contribution in [0.3, 0.4) is 0 Å². The van der Waals surface area contributed by atoms with Crippen molar-refractivity contribution in [1.82, 2.24) is 0 Å². The van der Waals surface area contributed by atoms with Gasteiger partial charge in [-0.3, -0.25) is 4.79 Å². The molecule has 0 unspecified atom stereocenters. The normalized spacial score (nSPS) is 16.4. The highest BCUT2D eigenvalue weighted by Crippen LogP contribution is 2.53. The number of amides is 1. The molecule has 0 atom stereocenters. The zero-order valence-corrected chi connectivity index (χ0v) is 19.9. The first-order chi connectivity index (χ1) is 13.8. The lowest BCUT2D eigenvalue weighted by atomic mass is 10.2. The van der Waals surface area contributed by atoms with E-state index < -0.39 is 18.4 Å². The van der Waals surface area contributed by atoms with Gasteiger partial charge in [0.2, 0.25) is 0 Å². The van der Waals surface area contributed by atoms with Gasteiger partial charge in [-0.15, -0.1) is 0 Å². The number of nitrogens with one attached hydrogen (secondary N) is 1. The highest BCUT2D eigenvalue weighted by Gasteiger charge is 2.28. The van der Waals surface area contributed by atoms with Crippen LogP contribution >= 0.6 is 18.4 Å². The molecule has 0 aromatic heterocycles. The maximum absolute atomic E-state index is 13.2. The van der Waals surface area contributed by atoms with E-state index in [0.29, 0.717) is 4.91 Å². The second kappa shape index (κ2) is 11.1. The summed E-state index contributed by atoms with van der Waals surface area (Å²) in [6, 6.07) is 19.4. The van der Waals surface area contributed by atoms with E-state index >= 15 is 0 Å². The zero-order valence-electron chi connectivity index (χ0n) is 18.2. The molecule has 4 heteroatoms. The van der Waals surface area contributed by atoms with Crippen LogP contribution in [0.25, 0.3) is 4.91 Å². The van der Waals surface area contributed by atoms with E-state index in [9.17, 15) is 4.79 Å². The predicted molar refractivity (Wildman–Crippen MR) is 145 cm³/mol. The van der Waals surface area contributed by atoms with Gasteiger partial charge in [-0.05, 0) is 29.2 Å². The van der Waals surface area contributed by atoms with Crippen molar-refractivity contribution in [1.29, 1.82) is 0 Å². The maximum atomic E-state index is 13.2. The van der Waals surface area contributed by atoms with Crippen molar-refractivity contribution >= 4 is 58.4 Å². The lowest BCUT2D eigenvalue weighted by Crippen LogP contribution is -2.21. The second-order valence-corrected chi connectivity index (χ2v) is 12.2. The largest absolute Gasteiger partial charge is 0.322 e. The fourth-order valence-corrected chi connectivity index (χ4v) is 8.99. The summed E-state index contributed by atoms with van der Waals surface area (Å²) in [6.45, 7) is 8.00. The number of hydrogen-bond acceptors (Lipinski definition) is 1. The van der Waals surface area contributed by atoms with Crippen molar-refractivity contribution < 1.29 is 4.79 Å². The molecule has 2 aromatic rings. The van der Waals surface area contributed by atoms with Gasteiger partial charge in [0, 0.05) is 10.6 Å². The monoisotopic (exact) mass is 429 g/mol. The van der Waals surface area contributed by atoms with Crippen molar-refractivity contribution in [3.63, 3.8) is 0 Å². The molecule has 0 spiro atoms. The summed E-state index contributed by atoms with van der Waals surface area (Å²) in [6.07, 6.45) is 0. The van der Waals surface area contributed by atoms with Gasteiger partial charge in [-0.25, -0.2) is 0 Å². The summed E-state index contributed by atoms with van der Waals surface area (Å²) in [5.74, 6) is 18.9. The molecule has 0 fully saturated rings. The first-order valence-corrected chi connectivity index (χ1v) is 14.2. The van der Waals surface area contributed by atoms with Crippen molar-refractivity contribution in [2.24, 2.45) is 0 Å². The molecule has 0 aliphatic carbocycles. The highest BCUT2D eigenvalue weighted by molar-refractivity contribution is 8.40. The number of benzene rings is 2. The standard InChI is InChI=1S/C21H23NOS2.2C2H6/c1-24(2)15-16-25(3,4)20(19(24)17-11-7-5-8-12-17)21(23)22-18-13-9-6-10-14-18;2*1-2/h5-14H,1-4,15-16H2,(H,22,23);2*1-2H3. The van der Waals surface area contributed by atoms with Gasteiger partial charge in [-0.1, -0.05) is 99.7 Å². The number of para-hydroxylation sites is 1. The Labute approximate surface area is 178 Å². The van der Waals surface area contributed by atoms with Crippen molar-refractivity contribution in [2.45, 2.75) is 27.7 Å². The molecule has 0 saturated carbocycles. The van der Waals surface area contributed by atoms with E-state index in [1.54, 1.807) is 0 Å². The summed E-state index contributed by atoms with van der Waals surface area (Å²) in [4.78, 5) is 14.8. The predicted octanol–water partition coefficient (Wildman–Crippen LogP) is 6.40. The number of rotatable bonds is 3. The Morgan fingerprint density at radius 2 is 1.21 bits per heavy atom. The zero-order chi connectivity index (χ0) is 22.1. The van der Waals surface area contributed by atoms with Crippen LogP contribution in [-0.4, -0.2) is 40.9 Å². The highest BCUT2D eigenvalue weighted by atomic mass is 32.2. The van der Waals surface area contributed by atoms with E-state index in [1.807, 2.05) is 88.4 Å². The Kier molecular flexibility index (Phi) is 9.54. The molecule has 158 valence electrons. The van der Waals surface area contributed by atoms with Crippen molar-refractivity contribution in [3.05, 3.63) is 71.1 Å². The molecule has 1 aliphatic rings. The Bertz CT molecular complexity index is 1030. The van der Waals surface area contributed by atoms with Crippen LogP contribution in [0.4, 0.5) is 5.69 Å². The van der Waals surface area contributed by atoms with Gasteiger partial charge in [0.25, 0.3) is 5.91 Å². The third-order valence-corrected chi connectivity index (χ3v) is 9.13. The molecular formula is C25H35NOS2. The number of hydrogen-bond donors (Lipinski definition) is 1. The summed E-state index contributed by atoms with van der Waals surface area (Å²) in [5, 5.41) is 3.01. The third-order valence-electron chi connectivity index (χ3n) is 4.21. The Hall–Kier alpha value is -2.17. The molecule has 1 aliphatic heterocycles. The van der Waals surface area contributed by atoms with E-state index in [4.69, 9.17) is 0 Å². The topological polar surface area (TPSA) is 29.1 Å². The molecule has 3 rings (SSSR count). The van der Waals surface area contributed by atoms with Gasteiger partial charge in [0.1, 0.15) is 0 Å². The summed E-state index contributed by atoms with van der Waals surface area (Å²) in [5.41, 5.74) is 1.77. The molecule has 0 bridgehead atoms. The van der Waals surface area contributed by atoms with Crippen molar-refractivity contribution in [3.8, 4) is 0 Å². The molecule has 2 aromatic carbocycles. The maximum Gasteiger partial charge on any atom is 0.262 e. The van der Waals surface area contributed by atoms with Gasteiger partial charge in [0.15, 0.2) is 0 Å². The number of carbonyl (C=O) groups excluding carboxylic acids is 1.